The Hall–Kier alpha value is -3.63. The van der Waals surface area contributed by atoms with Gasteiger partial charge >= 0.3 is 5.97 Å². The Morgan fingerprint density at radius 2 is 1.71 bits per heavy atom. The number of carbonyl (C=O) groups excluding carboxylic acids is 2. The van der Waals surface area contributed by atoms with E-state index in [4.69, 9.17) is 9.47 Å². The van der Waals surface area contributed by atoms with Crippen molar-refractivity contribution in [3.8, 4) is 17.2 Å². The van der Waals surface area contributed by atoms with E-state index < -0.39 is 23.7 Å². The van der Waals surface area contributed by atoms with Crippen LogP contribution in [-0.2, 0) is 16.1 Å². The number of hydrogen-bond donors (Lipinski definition) is 3. The van der Waals surface area contributed by atoms with Gasteiger partial charge in [-0.2, -0.15) is 0 Å². The van der Waals surface area contributed by atoms with Gasteiger partial charge in [-0.15, -0.1) is 0 Å². The smallest absolute Gasteiger partial charge is 0.335 e. The van der Waals surface area contributed by atoms with Crippen molar-refractivity contribution in [1.82, 2.24) is 15.1 Å². The fourth-order valence-corrected chi connectivity index (χ4v) is 7.15. The summed E-state index contributed by atoms with van der Waals surface area (Å²) in [5.41, 5.74) is 0.328. The van der Waals surface area contributed by atoms with Crippen LogP contribution in [0.3, 0.4) is 0 Å². The number of rotatable bonds is 11. The van der Waals surface area contributed by atoms with Crippen LogP contribution in [0.15, 0.2) is 42.5 Å². The van der Waals surface area contributed by atoms with Gasteiger partial charge in [-0.05, 0) is 73.9 Å². The number of amides is 2. The Morgan fingerprint density at radius 1 is 1.02 bits per heavy atom. The van der Waals surface area contributed by atoms with Crippen molar-refractivity contribution in [2.24, 2.45) is 5.92 Å². The summed E-state index contributed by atoms with van der Waals surface area (Å²) < 4.78 is 11.3. The SMILES string of the molecule is CCCCN1C(=O)[C@@H]([C@H](O)C2CCCCCC2)NC(=O)C12CCN(Cc1ccc(Oc3ccc(C(=O)O)cc3OC)cc1)CC2. The van der Waals surface area contributed by atoms with Crippen LogP contribution >= 0.6 is 0 Å². The van der Waals surface area contributed by atoms with Crippen molar-refractivity contribution in [3.05, 3.63) is 53.6 Å². The second kappa shape index (κ2) is 14.6. The van der Waals surface area contributed by atoms with Crippen LogP contribution in [0, 0.1) is 5.92 Å². The highest BCUT2D eigenvalue weighted by Crippen LogP contribution is 2.37. The second-order valence-corrected chi connectivity index (χ2v) is 12.8. The van der Waals surface area contributed by atoms with Crippen molar-refractivity contribution in [2.45, 2.75) is 95.4 Å². The number of nitrogens with zero attached hydrogens (tertiary/aromatic N) is 2. The zero-order valence-electron chi connectivity index (χ0n) is 26.5. The number of benzene rings is 2. The van der Waals surface area contributed by atoms with Gasteiger partial charge in [0.1, 0.15) is 17.3 Å². The number of carboxylic acids is 1. The highest BCUT2D eigenvalue weighted by Gasteiger charge is 2.55. The van der Waals surface area contributed by atoms with Gasteiger partial charge in [-0.3, -0.25) is 14.5 Å². The van der Waals surface area contributed by atoms with Gasteiger partial charge in [0.2, 0.25) is 11.8 Å². The van der Waals surface area contributed by atoms with E-state index in [0.29, 0.717) is 56.3 Å². The maximum atomic E-state index is 13.9. The Morgan fingerprint density at radius 3 is 2.33 bits per heavy atom. The number of aliphatic hydroxyl groups is 1. The quantitative estimate of drug-likeness (QED) is 0.300. The number of piperidine rings is 1. The molecular weight excluding hydrogens is 574 g/mol. The molecule has 10 nitrogen and oxygen atoms in total. The maximum absolute atomic E-state index is 13.9. The normalized spacial score (nSPS) is 21.7. The van der Waals surface area contributed by atoms with E-state index in [-0.39, 0.29) is 23.3 Å². The van der Waals surface area contributed by atoms with Crippen molar-refractivity contribution in [1.29, 1.82) is 0 Å². The third-order valence-corrected chi connectivity index (χ3v) is 9.87. The Balaban J connectivity index is 1.21. The molecule has 0 unspecified atom stereocenters. The first-order valence-corrected chi connectivity index (χ1v) is 16.5. The molecule has 1 saturated carbocycles. The number of likely N-dealkylation sites (tertiary alicyclic amines) is 1. The molecule has 3 fully saturated rings. The van der Waals surface area contributed by atoms with Gasteiger partial charge in [0.05, 0.1) is 18.8 Å². The zero-order valence-corrected chi connectivity index (χ0v) is 26.5. The van der Waals surface area contributed by atoms with E-state index in [1.165, 1.54) is 19.2 Å². The Kier molecular flexibility index (Phi) is 10.7. The van der Waals surface area contributed by atoms with Crippen molar-refractivity contribution in [2.75, 3.05) is 26.7 Å². The van der Waals surface area contributed by atoms with Crippen molar-refractivity contribution >= 4 is 17.8 Å². The molecule has 0 radical (unpaired) electrons. The van der Waals surface area contributed by atoms with Crippen LogP contribution < -0.4 is 14.8 Å². The number of aromatic carboxylic acids is 1. The number of aliphatic hydroxyl groups excluding tert-OH is 1. The third kappa shape index (κ3) is 7.28. The van der Waals surface area contributed by atoms with Crippen LogP contribution in [-0.4, -0.2) is 82.2 Å². The summed E-state index contributed by atoms with van der Waals surface area (Å²) in [4.78, 5) is 43.1. The highest BCUT2D eigenvalue weighted by molar-refractivity contribution is 6.00. The van der Waals surface area contributed by atoms with E-state index in [1.54, 1.807) is 6.07 Å². The lowest BCUT2D eigenvalue weighted by Gasteiger charge is -2.52. The fourth-order valence-electron chi connectivity index (χ4n) is 7.15. The minimum absolute atomic E-state index is 0.0435. The molecule has 3 aliphatic rings. The molecule has 2 atom stereocenters. The molecule has 5 rings (SSSR count). The first-order chi connectivity index (χ1) is 21.8. The fraction of sp³-hybridized carbons (Fsp3) is 0.571. The van der Waals surface area contributed by atoms with E-state index >= 15 is 0 Å². The summed E-state index contributed by atoms with van der Waals surface area (Å²) in [6.45, 7) is 4.65. The van der Waals surface area contributed by atoms with Crippen molar-refractivity contribution in [3.63, 3.8) is 0 Å². The largest absolute Gasteiger partial charge is 0.493 e. The molecule has 2 aromatic rings. The van der Waals surface area contributed by atoms with Crippen LogP contribution in [0.2, 0.25) is 0 Å². The number of hydrogen-bond acceptors (Lipinski definition) is 7. The lowest BCUT2D eigenvalue weighted by molar-refractivity contribution is -0.165. The number of methoxy groups -OCH3 is 1. The van der Waals surface area contributed by atoms with Crippen LogP contribution in [0.4, 0.5) is 0 Å². The van der Waals surface area contributed by atoms with Gasteiger partial charge in [-0.25, -0.2) is 4.79 Å². The Bertz CT molecular complexity index is 1330. The molecule has 2 aliphatic heterocycles. The maximum Gasteiger partial charge on any atom is 0.335 e. The minimum Gasteiger partial charge on any atom is -0.493 e. The predicted molar refractivity (Wildman–Crippen MR) is 169 cm³/mol. The third-order valence-electron chi connectivity index (χ3n) is 9.87. The molecular formula is C35H47N3O7. The summed E-state index contributed by atoms with van der Waals surface area (Å²) in [7, 11) is 1.47. The highest BCUT2D eigenvalue weighted by atomic mass is 16.5. The number of carboxylic acid groups (broad SMARTS) is 1. The molecule has 244 valence electrons. The van der Waals surface area contributed by atoms with Gasteiger partial charge in [0.25, 0.3) is 0 Å². The molecule has 0 aromatic heterocycles. The Labute approximate surface area is 265 Å². The summed E-state index contributed by atoms with van der Waals surface area (Å²) in [6.07, 6.45) is 8.23. The summed E-state index contributed by atoms with van der Waals surface area (Å²) in [5.74, 6) is 0.120. The van der Waals surface area contributed by atoms with E-state index in [9.17, 15) is 24.6 Å². The molecule has 1 spiro atoms. The number of ether oxygens (including phenoxy) is 2. The predicted octanol–water partition coefficient (Wildman–Crippen LogP) is 4.98. The lowest BCUT2D eigenvalue weighted by atomic mass is 9.79. The average molecular weight is 622 g/mol. The average Bonchev–Trinajstić information content (AvgIpc) is 3.34. The molecule has 2 saturated heterocycles. The second-order valence-electron chi connectivity index (χ2n) is 12.8. The number of piperazine rings is 1. The van der Waals surface area contributed by atoms with E-state index in [0.717, 1.165) is 56.9 Å². The molecule has 2 aromatic carbocycles. The summed E-state index contributed by atoms with van der Waals surface area (Å²) >= 11 is 0. The zero-order chi connectivity index (χ0) is 32.0. The van der Waals surface area contributed by atoms with Gasteiger partial charge < -0.3 is 29.9 Å². The summed E-state index contributed by atoms with van der Waals surface area (Å²) in [6, 6.07) is 11.3. The van der Waals surface area contributed by atoms with Gasteiger partial charge in [-0.1, -0.05) is 51.2 Å². The molecule has 10 heteroatoms. The molecule has 2 heterocycles. The van der Waals surface area contributed by atoms with Crippen LogP contribution in [0.25, 0.3) is 0 Å². The molecule has 2 amide bonds. The molecule has 3 N–H and O–H groups in total. The first-order valence-electron chi connectivity index (χ1n) is 16.5. The van der Waals surface area contributed by atoms with Crippen molar-refractivity contribution < 1.29 is 34.1 Å². The van der Waals surface area contributed by atoms with Gasteiger partial charge in [0.15, 0.2) is 11.5 Å². The van der Waals surface area contributed by atoms with Gasteiger partial charge in [0, 0.05) is 26.2 Å². The minimum atomic E-state index is -1.04. The van der Waals surface area contributed by atoms with Crippen LogP contribution in [0.1, 0.15) is 87.1 Å². The van der Waals surface area contributed by atoms with E-state index in [1.807, 2.05) is 29.2 Å². The number of nitrogens with one attached hydrogen (secondary N) is 1. The first kappa shape index (κ1) is 32.8. The van der Waals surface area contributed by atoms with Crippen LogP contribution in [0.5, 0.6) is 17.2 Å². The standard InChI is InChI=1S/C35H47N3O7/c1-3-4-19-38-32(40)30(31(39)25-9-7-5-6-8-10-25)36-34(43)35(38)17-20-37(21-18-35)23-24-11-14-27(15-12-24)45-28-16-13-26(33(41)42)22-29(28)44-2/h11-16,22,25,30-31,39H,3-10,17-21,23H2,1-2H3,(H,36,43)(H,41,42)/t30-,31-/m1/s1. The van der Waals surface area contributed by atoms with E-state index in [2.05, 4.69) is 17.1 Å². The molecule has 1 aliphatic carbocycles. The topological polar surface area (TPSA) is 129 Å². The lowest BCUT2D eigenvalue weighted by Crippen LogP contribution is -2.75. The molecule has 45 heavy (non-hydrogen) atoms. The summed E-state index contributed by atoms with van der Waals surface area (Å²) in [5, 5.41) is 23.5. The number of carbonyl (C=O) groups is 3. The monoisotopic (exact) mass is 621 g/mol. The number of unbranched alkanes of at least 4 members (excludes halogenated alkanes) is 1. The molecule has 0 bridgehead atoms.